The van der Waals surface area contributed by atoms with Gasteiger partial charge in [0.05, 0.1) is 0 Å². The Morgan fingerprint density at radius 3 is 2.92 bits per heavy atom. The summed E-state index contributed by atoms with van der Waals surface area (Å²) in [4.78, 5) is 10.2. The highest BCUT2D eigenvalue weighted by molar-refractivity contribution is 7.07. The first kappa shape index (κ1) is 9.26. The van der Waals surface area contributed by atoms with Crippen LogP contribution < -0.4 is 0 Å². The molecule has 0 amide bonds. The zero-order valence-electron chi connectivity index (χ0n) is 6.82. The van der Waals surface area contributed by atoms with Crippen LogP contribution in [-0.4, -0.2) is 11.1 Å². The van der Waals surface area contributed by atoms with E-state index in [9.17, 15) is 4.79 Å². The normalized spacial score (nSPS) is 10.0. The molecule has 0 aliphatic rings. The van der Waals surface area contributed by atoms with Gasteiger partial charge in [-0.15, -0.1) is 0 Å². The lowest BCUT2D eigenvalue weighted by molar-refractivity contribution is -0.137. The van der Waals surface area contributed by atoms with E-state index in [1.165, 1.54) is 5.56 Å². The lowest BCUT2D eigenvalue weighted by Gasteiger charge is -1.95. The summed E-state index contributed by atoms with van der Waals surface area (Å²) in [6.45, 7) is 0. The Labute approximate surface area is 75.9 Å². The second-order valence-electron chi connectivity index (χ2n) is 2.73. The van der Waals surface area contributed by atoms with Gasteiger partial charge in [-0.05, 0) is 41.7 Å². The number of rotatable bonds is 5. The highest BCUT2D eigenvalue weighted by Crippen LogP contribution is 2.10. The second-order valence-corrected chi connectivity index (χ2v) is 3.51. The number of thiophene rings is 1. The summed E-state index contributed by atoms with van der Waals surface area (Å²) in [5, 5.41) is 12.5. The van der Waals surface area contributed by atoms with Gasteiger partial charge < -0.3 is 5.11 Å². The summed E-state index contributed by atoms with van der Waals surface area (Å²) in [7, 11) is 0. The van der Waals surface area contributed by atoms with Gasteiger partial charge in [0.25, 0.3) is 0 Å². The molecule has 0 unspecified atom stereocenters. The molecule has 12 heavy (non-hydrogen) atoms. The molecule has 0 aromatic carbocycles. The van der Waals surface area contributed by atoms with E-state index < -0.39 is 5.97 Å². The molecular weight excluding hydrogens is 172 g/mol. The van der Waals surface area contributed by atoms with Crippen LogP contribution in [0.4, 0.5) is 0 Å². The summed E-state index contributed by atoms with van der Waals surface area (Å²) >= 11 is 1.69. The number of aliphatic carboxylic acids is 1. The molecule has 0 aliphatic heterocycles. The van der Waals surface area contributed by atoms with Crippen molar-refractivity contribution >= 4 is 17.3 Å². The van der Waals surface area contributed by atoms with Crippen molar-refractivity contribution in [2.24, 2.45) is 0 Å². The minimum atomic E-state index is -0.694. The van der Waals surface area contributed by atoms with Crippen LogP contribution in [0.1, 0.15) is 24.8 Å². The molecule has 1 rings (SSSR count). The molecule has 0 atom stereocenters. The van der Waals surface area contributed by atoms with Gasteiger partial charge >= 0.3 is 5.97 Å². The fourth-order valence-electron chi connectivity index (χ4n) is 1.04. The van der Waals surface area contributed by atoms with Crippen molar-refractivity contribution in [1.82, 2.24) is 0 Å². The van der Waals surface area contributed by atoms with Crippen LogP contribution in [0.15, 0.2) is 16.8 Å². The zero-order chi connectivity index (χ0) is 8.81. The molecule has 1 aromatic heterocycles. The van der Waals surface area contributed by atoms with E-state index >= 15 is 0 Å². The maximum absolute atomic E-state index is 10.2. The lowest BCUT2D eigenvalue weighted by atomic mass is 10.1. The standard InChI is InChI=1S/C9H12O2S/c10-9(11)4-2-1-3-8-5-6-12-7-8/h5-7H,1-4H2,(H,10,11). The summed E-state index contributed by atoms with van der Waals surface area (Å²) in [6, 6.07) is 2.09. The molecule has 0 saturated carbocycles. The Morgan fingerprint density at radius 1 is 1.50 bits per heavy atom. The van der Waals surface area contributed by atoms with Gasteiger partial charge in [-0.1, -0.05) is 0 Å². The highest BCUT2D eigenvalue weighted by atomic mass is 32.1. The van der Waals surface area contributed by atoms with Crippen molar-refractivity contribution in [2.75, 3.05) is 0 Å². The second kappa shape index (κ2) is 4.93. The molecular formula is C9H12O2S. The number of aryl methyl sites for hydroxylation is 1. The first-order valence-corrected chi connectivity index (χ1v) is 4.96. The van der Waals surface area contributed by atoms with Crippen LogP contribution in [0.25, 0.3) is 0 Å². The molecule has 3 heteroatoms. The average Bonchev–Trinajstić information content (AvgIpc) is 2.49. The van der Waals surface area contributed by atoms with Crippen LogP contribution in [-0.2, 0) is 11.2 Å². The van der Waals surface area contributed by atoms with Crippen LogP contribution in [0, 0.1) is 0 Å². The predicted octanol–water partition coefficient (Wildman–Crippen LogP) is 2.55. The Bertz CT molecular complexity index is 229. The zero-order valence-corrected chi connectivity index (χ0v) is 7.64. The number of carboxylic acids is 1. The van der Waals surface area contributed by atoms with E-state index in [0.29, 0.717) is 6.42 Å². The number of carboxylic acid groups (broad SMARTS) is 1. The maximum atomic E-state index is 10.2. The smallest absolute Gasteiger partial charge is 0.303 e. The molecule has 1 heterocycles. The summed E-state index contributed by atoms with van der Waals surface area (Å²) in [5.41, 5.74) is 1.32. The molecule has 0 aliphatic carbocycles. The molecule has 2 nitrogen and oxygen atoms in total. The monoisotopic (exact) mass is 184 g/mol. The van der Waals surface area contributed by atoms with Gasteiger partial charge in [0.2, 0.25) is 0 Å². The fraction of sp³-hybridized carbons (Fsp3) is 0.444. The molecule has 1 N–H and O–H groups in total. The quantitative estimate of drug-likeness (QED) is 0.714. The minimum Gasteiger partial charge on any atom is -0.481 e. The van der Waals surface area contributed by atoms with Crippen LogP contribution in [0.5, 0.6) is 0 Å². The third-order valence-corrected chi connectivity index (χ3v) is 2.42. The predicted molar refractivity (Wildman–Crippen MR) is 49.5 cm³/mol. The summed E-state index contributed by atoms with van der Waals surface area (Å²) < 4.78 is 0. The van der Waals surface area contributed by atoms with Crippen LogP contribution in [0.2, 0.25) is 0 Å². The molecule has 0 bridgehead atoms. The maximum Gasteiger partial charge on any atom is 0.303 e. The van der Waals surface area contributed by atoms with Gasteiger partial charge in [-0.25, -0.2) is 0 Å². The largest absolute Gasteiger partial charge is 0.481 e. The topological polar surface area (TPSA) is 37.3 Å². The Hall–Kier alpha value is -0.830. The summed E-state index contributed by atoms with van der Waals surface area (Å²) in [6.07, 6.45) is 3.06. The average molecular weight is 184 g/mol. The van der Waals surface area contributed by atoms with Gasteiger partial charge in [-0.2, -0.15) is 11.3 Å². The van der Waals surface area contributed by atoms with Crippen molar-refractivity contribution in [1.29, 1.82) is 0 Å². The third kappa shape index (κ3) is 3.53. The Balaban J connectivity index is 2.07. The van der Waals surface area contributed by atoms with Crippen molar-refractivity contribution in [3.8, 4) is 0 Å². The van der Waals surface area contributed by atoms with Crippen molar-refractivity contribution in [2.45, 2.75) is 25.7 Å². The Morgan fingerprint density at radius 2 is 2.33 bits per heavy atom. The van der Waals surface area contributed by atoms with Crippen molar-refractivity contribution < 1.29 is 9.90 Å². The number of unbranched alkanes of at least 4 members (excludes halogenated alkanes) is 1. The first-order chi connectivity index (χ1) is 5.79. The van der Waals surface area contributed by atoms with Crippen LogP contribution in [0.3, 0.4) is 0 Å². The van der Waals surface area contributed by atoms with Gasteiger partial charge in [0, 0.05) is 6.42 Å². The van der Waals surface area contributed by atoms with Gasteiger partial charge in [0.1, 0.15) is 0 Å². The van der Waals surface area contributed by atoms with Crippen molar-refractivity contribution in [3.05, 3.63) is 22.4 Å². The summed E-state index contributed by atoms with van der Waals surface area (Å²) in [5.74, 6) is -0.694. The first-order valence-electron chi connectivity index (χ1n) is 4.02. The molecule has 0 spiro atoms. The van der Waals surface area contributed by atoms with E-state index in [1.54, 1.807) is 11.3 Å². The SMILES string of the molecule is O=C(O)CCCCc1ccsc1. The highest BCUT2D eigenvalue weighted by Gasteiger charge is 1.97. The lowest BCUT2D eigenvalue weighted by Crippen LogP contribution is -1.94. The molecule has 0 radical (unpaired) electrons. The molecule has 66 valence electrons. The van der Waals surface area contributed by atoms with E-state index in [1.807, 2.05) is 5.38 Å². The molecule has 1 aromatic rings. The van der Waals surface area contributed by atoms with E-state index in [4.69, 9.17) is 5.11 Å². The minimum absolute atomic E-state index is 0.296. The van der Waals surface area contributed by atoms with E-state index in [-0.39, 0.29) is 0 Å². The number of hydrogen-bond donors (Lipinski definition) is 1. The van der Waals surface area contributed by atoms with Gasteiger partial charge in [-0.3, -0.25) is 4.79 Å². The van der Waals surface area contributed by atoms with Crippen LogP contribution >= 0.6 is 11.3 Å². The number of carbonyl (C=O) groups is 1. The Kier molecular flexibility index (Phi) is 3.80. The fourth-order valence-corrected chi connectivity index (χ4v) is 1.74. The molecule has 0 saturated heterocycles. The van der Waals surface area contributed by atoms with E-state index in [0.717, 1.165) is 19.3 Å². The van der Waals surface area contributed by atoms with Gasteiger partial charge in [0.15, 0.2) is 0 Å². The molecule has 0 fully saturated rings. The van der Waals surface area contributed by atoms with Crippen molar-refractivity contribution in [3.63, 3.8) is 0 Å². The third-order valence-electron chi connectivity index (χ3n) is 1.69. The number of hydrogen-bond acceptors (Lipinski definition) is 2. The van der Waals surface area contributed by atoms with E-state index in [2.05, 4.69) is 11.4 Å².